The quantitative estimate of drug-likeness (QED) is 0.0752. The van der Waals surface area contributed by atoms with E-state index >= 15 is 0 Å². The van der Waals surface area contributed by atoms with Gasteiger partial charge in [0.1, 0.15) is 23.6 Å². The number of phenolic OH excluding ortho intramolecular Hbond substituents is 1. The van der Waals surface area contributed by atoms with Gasteiger partial charge in [-0.15, -0.1) is 0 Å². The average molecular weight is 558 g/mol. The molecule has 0 aliphatic heterocycles. The summed E-state index contributed by atoms with van der Waals surface area (Å²) in [5.74, 6) is -0.995. The Hall–Kier alpha value is -4.75. The third-order valence-electron chi connectivity index (χ3n) is 5.91. The van der Waals surface area contributed by atoms with Gasteiger partial charge in [-0.3, -0.25) is 19.4 Å². The lowest BCUT2D eigenvalue weighted by Crippen LogP contribution is -2.52. The number of nitrogens with zero attached hydrogens (tertiary/aromatic N) is 3. The summed E-state index contributed by atoms with van der Waals surface area (Å²) in [5.41, 5.74) is 22.5. The molecule has 0 unspecified atom stereocenters. The summed E-state index contributed by atoms with van der Waals surface area (Å²) in [6.45, 7) is 2.70. The van der Waals surface area contributed by atoms with Gasteiger partial charge in [-0.25, -0.2) is 4.99 Å². The predicted molar refractivity (Wildman–Crippen MR) is 151 cm³/mol. The minimum Gasteiger partial charge on any atom is -0.508 e. The molecule has 14 nitrogen and oxygen atoms in total. The van der Waals surface area contributed by atoms with Crippen molar-refractivity contribution < 1.29 is 23.9 Å². The largest absolute Gasteiger partial charge is 0.508 e. The molecule has 218 valence electrons. The molecule has 14 heteroatoms. The Labute approximate surface area is 232 Å². The number of phenols is 1. The predicted octanol–water partition coefficient (Wildman–Crippen LogP) is -1.08. The number of carbonyl (C=O) groups is 3. The van der Waals surface area contributed by atoms with Crippen molar-refractivity contribution in [3.05, 3.63) is 54.0 Å². The summed E-state index contributed by atoms with van der Waals surface area (Å²) in [7, 11) is 0. The Morgan fingerprint density at radius 2 is 1.77 bits per heavy atom. The van der Waals surface area contributed by atoms with Crippen LogP contribution in [0, 0.1) is 0 Å². The second-order valence-corrected chi connectivity index (χ2v) is 8.97. The van der Waals surface area contributed by atoms with E-state index in [0.717, 1.165) is 5.76 Å². The first kappa shape index (κ1) is 31.5. The molecule has 0 saturated heterocycles. The molecule has 0 radical (unpaired) electrons. The molecule has 0 aliphatic carbocycles. The Morgan fingerprint density at radius 1 is 1.05 bits per heavy atom. The van der Waals surface area contributed by atoms with E-state index in [2.05, 4.69) is 20.6 Å². The van der Waals surface area contributed by atoms with Crippen LogP contribution in [0.2, 0.25) is 0 Å². The van der Waals surface area contributed by atoms with Crippen molar-refractivity contribution in [3.63, 3.8) is 0 Å². The van der Waals surface area contributed by atoms with Crippen molar-refractivity contribution in [2.45, 2.75) is 44.7 Å². The highest BCUT2D eigenvalue weighted by Gasteiger charge is 2.26. The Bertz CT molecular complexity index is 1140. The number of guanidine groups is 2. The van der Waals surface area contributed by atoms with Crippen LogP contribution in [-0.2, 0) is 27.2 Å². The molecule has 0 aliphatic rings. The number of hydrogen-bond donors (Lipinski definition) is 7. The number of furan rings is 1. The zero-order chi connectivity index (χ0) is 29.5. The highest BCUT2D eigenvalue weighted by Crippen LogP contribution is 2.13. The highest BCUT2D eigenvalue weighted by atomic mass is 16.3. The molecule has 2 rings (SSSR count). The monoisotopic (exact) mass is 557 g/mol. The molecule has 0 saturated carbocycles. The van der Waals surface area contributed by atoms with Crippen LogP contribution in [0.4, 0.5) is 0 Å². The fraction of sp³-hybridized carbons (Fsp3) is 0.423. The first-order valence-electron chi connectivity index (χ1n) is 12.9. The standard InChI is InChI=1S/C26H39N9O5/c1-2-35(13-11-19-5-4-14-40-19)22(37)16-32-23(38)20(6-3-12-31-25(27)28)33-24(39)21(34-26(29)30)15-17-7-9-18(36)10-8-17/h4-5,7-10,14,20-21,36H,2-3,6,11-13,15-16H2,1H3,(H,32,38)(H,33,39)(H4,27,28,31)(H4,29,30,34)/t20-,21+/m1/s1. The van der Waals surface area contributed by atoms with Gasteiger partial charge in [-0.2, -0.15) is 0 Å². The number of nitrogens with two attached hydrogens (primary N) is 4. The number of aliphatic imine (C=N–C) groups is 2. The van der Waals surface area contributed by atoms with Crippen molar-refractivity contribution in [1.82, 2.24) is 15.5 Å². The van der Waals surface area contributed by atoms with Crippen LogP contribution in [0.1, 0.15) is 31.1 Å². The van der Waals surface area contributed by atoms with E-state index < -0.39 is 23.9 Å². The third kappa shape index (κ3) is 11.3. The molecule has 2 atom stereocenters. The lowest BCUT2D eigenvalue weighted by Gasteiger charge is -2.23. The maximum atomic E-state index is 13.2. The zero-order valence-electron chi connectivity index (χ0n) is 22.6. The summed E-state index contributed by atoms with van der Waals surface area (Å²) in [6.07, 6.45) is 2.78. The Kier molecular flexibility index (Phi) is 12.8. The van der Waals surface area contributed by atoms with E-state index in [1.807, 2.05) is 13.0 Å². The van der Waals surface area contributed by atoms with Gasteiger partial charge in [-0.05, 0) is 49.6 Å². The number of benzene rings is 1. The van der Waals surface area contributed by atoms with Crippen molar-refractivity contribution in [2.24, 2.45) is 32.9 Å². The summed E-state index contributed by atoms with van der Waals surface area (Å²) in [6, 6.07) is 7.77. The van der Waals surface area contributed by atoms with Gasteiger partial charge >= 0.3 is 0 Å². The van der Waals surface area contributed by atoms with E-state index in [0.29, 0.717) is 31.5 Å². The summed E-state index contributed by atoms with van der Waals surface area (Å²) in [5, 5.41) is 14.8. The highest BCUT2D eigenvalue weighted by molar-refractivity contribution is 5.93. The van der Waals surface area contributed by atoms with Crippen molar-refractivity contribution in [2.75, 3.05) is 26.2 Å². The lowest BCUT2D eigenvalue weighted by atomic mass is 10.0. The van der Waals surface area contributed by atoms with Crippen molar-refractivity contribution in [1.29, 1.82) is 0 Å². The van der Waals surface area contributed by atoms with Crippen LogP contribution in [-0.4, -0.2) is 77.9 Å². The zero-order valence-corrected chi connectivity index (χ0v) is 22.6. The maximum Gasteiger partial charge on any atom is 0.245 e. The number of nitrogens with one attached hydrogen (secondary N) is 2. The van der Waals surface area contributed by atoms with Crippen molar-refractivity contribution in [3.8, 4) is 5.75 Å². The molecule has 1 aromatic carbocycles. The molecular formula is C26H39N9O5. The van der Waals surface area contributed by atoms with E-state index in [1.165, 1.54) is 12.1 Å². The SMILES string of the molecule is CCN(CCc1ccco1)C(=O)CNC(=O)[C@@H](CCCN=C(N)N)NC(=O)[C@H](Cc1ccc(O)cc1)N=C(N)N. The van der Waals surface area contributed by atoms with Crippen LogP contribution < -0.4 is 33.6 Å². The normalized spacial score (nSPS) is 12.0. The van der Waals surface area contributed by atoms with Gasteiger partial charge in [0.25, 0.3) is 0 Å². The molecule has 0 fully saturated rings. The van der Waals surface area contributed by atoms with E-state index in [9.17, 15) is 19.5 Å². The van der Waals surface area contributed by atoms with Gasteiger partial charge < -0.3 is 48.0 Å². The van der Waals surface area contributed by atoms with Crippen LogP contribution in [0.15, 0.2) is 57.1 Å². The molecule has 2 aromatic rings. The van der Waals surface area contributed by atoms with E-state index in [-0.39, 0.29) is 49.5 Å². The minimum absolute atomic E-state index is 0.0706. The third-order valence-corrected chi connectivity index (χ3v) is 5.91. The fourth-order valence-electron chi connectivity index (χ4n) is 3.83. The molecular weight excluding hydrogens is 518 g/mol. The van der Waals surface area contributed by atoms with Gasteiger partial charge in [-0.1, -0.05) is 12.1 Å². The molecule has 40 heavy (non-hydrogen) atoms. The first-order chi connectivity index (χ1) is 19.1. The summed E-state index contributed by atoms with van der Waals surface area (Å²) < 4.78 is 5.31. The maximum absolute atomic E-state index is 13.2. The molecule has 11 N–H and O–H groups in total. The van der Waals surface area contributed by atoms with E-state index in [4.69, 9.17) is 27.4 Å². The fourth-order valence-corrected chi connectivity index (χ4v) is 3.83. The number of likely N-dealkylation sites (N-methyl/N-ethyl adjacent to an activating group) is 1. The second-order valence-electron chi connectivity index (χ2n) is 8.97. The van der Waals surface area contributed by atoms with Crippen LogP contribution in [0.5, 0.6) is 5.75 Å². The van der Waals surface area contributed by atoms with Gasteiger partial charge in [0.2, 0.25) is 17.7 Å². The van der Waals surface area contributed by atoms with Gasteiger partial charge in [0, 0.05) is 32.5 Å². The molecule has 0 spiro atoms. The van der Waals surface area contributed by atoms with Gasteiger partial charge in [0.05, 0.1) is 12.8 Å². The number of carbonyl (C=O) groups excluding carboxylic acids is 3. The van der Waals surface area contributed by atoms with Crippen LogP contribution in [0.3, 0.4) is 0 Å². The van der Waals surface area contributed by atoms with Crippen LogP contribution >= 0.6 is 0 Å². The minimum atomic E-state index is -1.04. The summed E-state index contributed by atoms with van der Waals surface area (Å²) >= 11 is 0. The Morgan fingerprint density at radius 3 is 2.38 bits per heavy atom. The Balaban J connectivity index is 2.07. The number of rotatable bonds is 16. The number of amides is 3. The summed E-state index contributed by atoms with van der Waals surface area (Å²) in [4.78, 5) is 48.6. The lowest BCUT2D eigenvalue weighted by molar-refractivity contribution is -0.134. The average Bonchev–Trinajstić information content (AvgIpc) is 3.43. The second kappa shape index (κ2) is 16.3. The molecule has 0 bridgehead atoms. The van der Waals surface area contributed by atoms with Gasteiger partial charge in [0.15, 0.2) is 11.9 Å². The number of hydrogen-bond acceptors (Lipinski definition) is 7. The number of aromatic hydroxyl groups is 1. The topological polar surface area (TPSA) is 241 Å². The first-order valence-corrected chi connectivity index (χ1v) is 12.9. The molecule has 1 aromatic heterocycles. The molecule has 1 heterocycles. The van der Waals surface area contributed by atoms with E-state index in [1.54, 1.807) is 29.4 Å². The van der Waals surface area contributed by atoms with Crippen LogP contribution in [0.25, 0.3) is 0 Å². The smallest absolute Gasteiger partial charge is 0.245 e. The van der Waals surface area contributed by atoms with Crippen molar-refractivity contribution >= 4 is 29.6 Å². The molecule has 3 amide bonds.